The molecule has 1 aliphatic heterocycles. The van der Waals surface area contributed by atoms with E-state index >= 15 is 0 Å². The third-order valence-electron chi connectivity index (χ3n) is 2.69. The van der Waals surface area contributed by atoms with Gasteiger partial charge in [-0.2, -0.15) is 0 Å². The van der Waals surface area contributed by atoms with Crippen LogP contribution in [0, 0.1) is 6.92 Å². The highest BCUT2D eigenvalue weighted by molar-refractivity contribution is 5.35. The molecule has 1 aromatic rings. The molecule has 1 atom stereocenters. The number of nitrogens with one attached hydrogen (secondary N) is 1. The summed E-state index contributed by atoms with van der Waals surface area (Å²) in [5.74, 6) is 1.62. The summed E-state index contributed by atoms with van der Waals surface area (Å²) in [5, 5.41) is 3.04. The van der Waals surface area contributed by atoms with Crippen molar-refractivity contribution >= 4 is 5.82 Å². The van der Waals surface area contributed by atoms with Crippen molar-refractivity contribution in [1.29, 1.82) is 0 Å². The number of morpholine rings is 1. The summed E-state index contributed by atoms with van der Waals surface area (Å²) in [6.45, 7) is 4.54. The lowest BCUT2D eigenvalue weighted by molar-refractivity contribution is -0.0254. The monoisotopic (exact) mass is 222 g/mol. The van der Waals surface area contributed by atoms with Crippen molar-refractivity contribution in [2.24, 2.45) is 0 Å². The number of ether oxygens (including phenoxy) is 1. The molecular weight excluding hydrogens is 204 g/mol. The minimum Gasteiger partial charge on any atom is -0.373 e. The predicted molar refractivity (Wildman–Crippen MR) is 62.5 cm³/mol. The summed E-state index contributed by atoms with van der Waals surface area (Å²) >= 11 is 0. The average molecular weight is 222 g/mol. The van der Waals surface area contributed by atoms with Crippen LogP contribution in [0.4, 0.5) is 5.82 Å². The smallest absolute Gasteiger partial charge is 0.161 e. The molecule has 16 heavy (non-hydrogen) atoms. The zero-order valence-corrected chi connectivity index (χ0v) is 10.0. The SMILES string of the molecule is CNc1cc(C)nc(C2CN(C)CCO2)n1. The van der Waals surface area contributed by atoms with Gasteiger partial charge in [-0.1, -0.05) is 0 Å². The molecule has 1 unspecified atom stereocenters. The van der Waals surface area contributed by atoms with Gasteiger partial charge in [0.05, 0.1) is 6.61 Å². The topological polar surface area (TPSA) is 50.3 Å². The lowest BCUT2D eigenvalue weighted by Gasteiger charge is -2.29. The maximum atomic E-state index is 5.69. The maximum Gasteiger partial charge on any atom is 0.161 e. The Bertz CT molecular complexity index is 369. The second kappa shape index (κ2) is 4.76. The van der Waals surface area contributed by atoms with Gasteiger partial charge in [0.2, 0.25) is 0 Å². The molecule has 0 saturated carbocycles. The molecule has 5 heteroatoms. The average Bonchev–Trinajstić information content (AvgIpc) is 2.28. The van der Waals surface area contributed by atoms with Gasteiger partial charge in [-0.05, 0) is 14.0 Å². The number of nitrogens with zero attached hydrogens (tertiary/aromatic N) is 3. The summed E-state index contributed by atoms with van der Waals surface area (Å²) in [5.41, 5.74) is 0.964. The largest absolute Gasteiger partial charge is 0.373 e. The van der Waals surface area contributed by atoms with Crippen molar-refractivity contribution < 1.29 is 4.74 Å². The number of anilines is 1. The highest BCUT2D eigenvalue weighted by atomic mass is 16.5. The van der Waals surface area contributed by atoms with Gasteiger partial charge in [0.25, 0.3) is 0 Å². The number of aromatic nitrogens is 2. The van der Waals surface area contributed by atoms with Gasteiger partial charge in [-0.15, -0.1) is 0 Å². The van der Waals surface area contributed by atoms with E-state index in [0.717, 1.165) is 37.0 Å². The van der Waals surface area contributed by atoms with Crippen LogP contribution in [0.25, 0.3) is 0 Å². The Morgan fingerprint density at radius 2 is 2.31 bits per heavy atom. The predicted octanol–water partition coefficient (Wildman–Crippen LogP) is 0.830. The molecule has 2 heterocycles. The van der Waals surface area contributed by atoms with Crippen molar-refractivity contribution in [1.82, 2.24) is 14.9 Å². The van der Waals surface area contributed by atoms with E-state index in [4.69, 9.17) is 4.74 Å². The number of rotatable bonds is 2. The molecule has 0 amide bonds. The fourth-order valence-corrected chi connectivity index (χ4v) is 1.80. The van der Waals surface area contributed by atoms with E-state index in [2.05, 4.69) is 27.2 Å². The summed E-state index contributed by atoms with van der Waals surface area (Å²) < 4.78 is 5.69. The molecule has 1 N–H and O–H groups in total. The summed E-state index contributed by atoms with van der Waals surface area (Å²) in [7, 11) is 3.95. The third kappa shape index (κ3) is 2.48. The van der Waals surface area contributed by atoms with Crippen LogP contribution < -0.4 is 5.32 Å². The van der Waals surface area contributed by atoms with Crippen LogP contribution in [0.1, 0.15) is 17.6 Å². The molecule has 0 bridgehead atoms. The van der Waals surface area contributed by atoms with Crippen LogP contribution >= 0.6 is 0 Å². The molecule has 0 spiro atoms. The summed E-state index contributed by atoms with van der Waals surface area (Å²) in [4.78, 5) is 11.1. The molecule has 1 fully saturated rings. The van der Waals surface area contributed by atoms with Crippen molar-refractivity contribution in [2.45, 2.75) is 13.0 Å². The van der Waals surface area contributed by atoms with Crippen LogP contribution in [-0.4, -0.2) is 48.7 Å². The fourth-order valence-electron chi connectivity index (χ4n) is 1.80. The minimum atomic E-state index is -0.00856. The molecule has 0 radical (unpaired) electrons. The highest BCUT2D eigenvalue weighted by Gasteiger charge is 2.22. The number of aryl methyl sites for hydroxylation is 1. The van der Waals surface area contributed by atoms with Gasteiger partial charge in [-0.3, -0.25) is 0 Å². The van der Waals surface area contributed by atoms with E-state index in [1.54, 1.807) is 0 Å². The van der Waals surface area contributed by atoms with Gasteiger partial charge >= 0.3 is 0 Å². The zero-order valence-electron chi connectivity index (χ0n) is 10.0. The van der Waals surface area contributed by atoms with Crippen molar-refractivity contribution in [2.75, 3.05) is 39.1 Å². The van der Waals surface area contributed by atoms with E-state index in [-0.39, 0.29) is 6.10 Å². The van der Waals surface area contributed by atoms with Crippen LogP contribution in [0.5, 0.6) is 0 Å². The van der Waals surface area contributed by atoms with Crippen LogP contribution in [0.15, 0.2) is 6.07 Å². The summed E-state index contributed by atoms with van der Waals surface area (Å²) in [6, 6.07) is 1.93. The molecular formula is C11H18N4O. The molecule has 1 aromatic heterocycles. The number of likely N-dealkylation sites (N-methyl/N-ethyl adjacent to an activating group) is 1. The second-order valence-corrected chi connectivity index (χ2v) is 4.12. The molecule has 0 aliphatic carbocycles. The Morgan fingerprint density at radius 1 is 1.50 bits per heavy atom. The highest BCUT2D eigenvalue weighted by Crippen LogP contribution is 2.19. The molecule has 1 aliphatic rings. The molecule has 0 aromatic carbocycles. The van der Waals surface area contributed by atoms with Crippen molar-refractivity contribution in [3.8, 4) is 0 Å². The van der Waals surface area contributed by atoms with Gasteiger partial charge in [0.15, 0.2) is 5.82 Å². The molecule has 5 nitrogen and oxygen atoms in total. The number of hydrogen-bond acceptors (Lipinski definition) is 5. The first-order valence-electron chi connectivity index (χ1n) is 5.52. The summed E-state index contributed by atoms with van der Waals surface area (Å²) in [6.07, 6.45) is -0.00856. The lowest BCUT2D eigenvalue weighted by Crippen LogP contribution is -2.36. The van der Waals surface area contributed by atoms with E-state index < -0.39 is 0 Å². The van der Waals surface area contributed by atoms with Crippen LogP contribution in [0.3, 0.4) is 0 Å². The van der Waals surface area contributed by atoms with E-state index in [1.807, 2.05) is 20.0 Å². The first kappa shape index (κ1) is 11.3. The molecule has 1 saturated heterocycles. The first-order chi connectivity index (χ1) is 7.69. The Kier molecular flexibility index (Phi) is 3.36. The van der Waals surface area contributed by atoms with Gasteiger partial charge < -0.3 is 15.0 Å². The first-order valence-corrected chi connectivity index (χ1v) is 5.52. The van der Waals surface area contributed by atoms with Gasteiger partial charge in [0, 0.05) is 31.9 Å². The van der Waals surface area contributed by atoms with E-state index in [0.29, 0.717) is 0 Å². The van der Waals surface area contributed by atoms with Crippen molar-refractivity contribution in [3.63, 3.8) is 0 Å². The Labute approximate surface area is 95.8 Å². The fraction of sp³-hybridized carbons (Fsp3) is 0.636. The number of hydrogen-bond donors (Lipinski definition) is 1. The van der Waals surface area contributed by atoms with Crippen LogP contribution in [0.2, 0.25) is 0 Å². The third-order valence-corrected chi connectivity index (χ3v) is 2.69. The Balaban J connectivity index is 2.21. The van der Waals surface area contributed by atoms with Crippen LogP contribution in [-0.2, 0) is 4.74 Å². The molecule has 2 rings (SSSR count). The maximum absolute atomic E-state index is 5.69. The van der Waals surface area contributed by atoms with Crippen molar-refractivity contribution in [3.05, 3.63) is 17.6 Å². The zero-order chi connectivity index (χ0) is 11.5. The minimum absolute atomic E-state index is 0.00856. The van der Waals surface area contributed by atoms with E-state index in [9.17, 15) is 0 Å². The lowest BCUT2D eigenvalue weighted by atomic mass is 10.2. The van der Waals surface area contributed by atoms with Gasteiger partial charge in [-0.25, -0.2) is 9.97 Å². The van der Waals surface area contributed by atoms with E-state index in [1.165, 1.54) is 0 Å². The van der Waals surface area contributed by atoms with Gasteiger partial charge in [0.1, 0.15) is 11.9 Å². The Hall–Kier alpha value is -1.20. The standard InChI is InChI=1S/C11H18N4O/c1-8-6-10(12-2)14-11(13-8)9-7-15(3)4-5-16-9/h6,9H,4-5,7H2,1-3H3,(H,12,13,14). The quantitative estimate of drug-likeness (QED) is 0.803. The molecule has 88 valence electrons. The Morgan fingerprint density at radius 3 is 3.00 bits per heavy atom. The second-order valence-electron chi connectivity index (χ2n) is 4.12. The normalized spacial score (nSPS) is 22.1.